The van der Waals surface area contributed by atoms with Crippen molar-refractivity contribution in [2.24, 2.45) is 0 Å². The Morgan fingerprint density at radius 1 is 0.818 bits per heavy atom. The number of aliphatic hydroxyl groups is 1. The maximum Gasteiger partial charge on any atom is 0.305 e. The van der Waals surface area contributed by atoms with Gasteiger partial charge in [0.1, 0.15) is 0 Å². The Balaban J connectivity index is 3.07. The summed E-state index contributed by atoms with van der Waals surface area (Å²) in [5, 5.41) is 9.63. The average molecular weight is 315 g/mol. The van der Waals surface area contributed by atoms with Crippen LogP contribution in [0.15, 0.2) is 0 Å². The van der Waals surface area contributed by atoms with E-state index in [-0.39, 0.29) is 12.1 Å². The van der Waals surface area contributed by atoms with Gasteiger partial charge >= 0.3 is 5.97 Å². The van der Waals surface area contributed by atoms with Crippen LogP contribution in [0.5, 0.6) is 0 Å². The summed E-state index contributed by atoms with van der Waals surface area (Å²) in [6.45, 7) is 2.13. The predicted molar refractivity (Wildman–Crippen MR) is 93.0 cm³/mol. The monoisotopic (exact) mass is 314 g/mol. The van der Waals surface area contributed by atoms with Crippen LogP contribution in [0.25, 0.3) is 0 Å². The lowest BCUT2D eigenvalue weighted by Crippen LogP contribution is -2.04. The van der Waals surface area contributed by atoms with Gasteiger partial charge in [-0.05, 0) is 19.3 Å². The molecule has 22 heavy (non-hydrogen) atoms. The first-order chi connectivity index (χ1) is 10.7. The highest BCUT2D eigenvalue weighted by Gasteiger charge is 2.02. The molecule has 0 aliphatic rings. The van der Waals surface area contributed by atoms with Gasteiger partial charge < -0.3 is 9.84 Å². The van der Waals surface area contributed by atoms with Gasteiger partial charge in [-0.15, -0.1) is 0 Å². The summed E-state index contributed by atoms with van der Waals surface area (Å²) in [6.07, 6.45) is 17.3. The number of unbranched alkanes of at least 4 members (excludes halogenated alkanes) is 10. The van der Waals surface area contributed by atoms with Gasteiger partial charge in [0.2, 0.25) is 0 Å². The van der Waals surface area contributed by atoms with E-state index in [1.165, 1.54) is 64.9 Å². The molecule has 0 bridgehead atoms. The minimum atomic E-state index is -0.0813. The summed E-state index contributed by atoms with van der Waals surface area (Å²) in [5.41, 5.74) is 0. The number of ether oxygens (including phenoxy) is 1. The van der Waals surface area contributed by atoms with Crippen LogP contribution in [0.4, 0.5) is 0 Å². The van der Waals surface area contributed by atoms with E-state index in [0.717, 1.165) is 32.1 Å². The first-order valence-corrected chi connectivity index (χ1v) is 9.45. The molecular formula is C19H38O3. The molecule has 1 N–H and O–H groups in total. The third-order valence-corrected chi connectivity index (χ3v) is 4.27. The van der Waals surface area contributed by atoms with Crippen LogP contribution in [0.3, 0.4) is 0 Å². The molecule has 1 atom stereocenters. The van der Waals surface area contributed by atoms with Gasteiger partial charge in [0, 0.05) is 6.42 Å². The van der Waals surface area contributed by atoms with Gasteiger partial charge in [-0.3, -0.25) is 4.79 Å². The molecule has 132 valence electrons. The van der Waals surface area contributed by atoms with Crippen molar-refractivity contribution >= 4 is 5.97 Å². The van der Waals surface area contributed by atoms with E-state index >= 15 is 0 Å². The van der Waals surface area contributed by atoms with Crippen LogP contribution >= 0.6 is 0 Å². The van der Waals surface area contributed by atoms with Gasteiger partial charge in [0.05, 0.1) is 13.2 Å². The van der Waals surface area contributed by atoms with E-state index in [2.05, 4.69) is 11.7 Å². The fourth-order valence-corrected chi connectivity index (χ4v) is 2.82. The lowest BCUT2D eigenvalue weighted by Gasteiger charge is -2.08. The average Bonchev–Trinajstić information content (AvgIpc) is 2.51. The Morgan fingerprint density at radius 2 is 1.27 bits per heavy atom. The summed E-state index contributed by atoms with van der Waals surface area (Å²) in [5.74, 6) is -0.0813. The summed E-state index contributed by atoms with van der Waals surface area (Å²) in [4.78, 5) is 10.9. The van der Waals surface area contributed by atoms with Crippen molar-refractivity contribution in [2.75, 3.05) is 7.11 Å². The van der Waals surface area contributed by atoms with E-state index in [1.54, 1.807) is 0 Å². The second-order valence-electron chi connectivity index (χ2n) is 6.45. The van der Waals surface area contributed by atoms with E-state index < -0.39 is 0 Å². The third kappa shape index (κ3) is 15.8. The Hall–Kier alpha value is -0.570. The standard InChI is InChI=1S/C19H38O3/c1-3-15-18(20)16-13-11-9-7-5-4-6-8-10-12-14-17-19(21)22-2/h18,20H,3-17H2,1-2H3. The van der Waals surface area contributed by atoms with Gasteiger partial charge in [-0.1, -0.05) is 77.6 Å². The fraction of sp³-hybridized carbons (Fsp3) is 0.947. The molecule has 0 heterocycles. The number of hydrogen-bond donors (Lipinski definition) is 1. The number of hydrogen-bond acceptors (Lipinski definition) is 3. The summed E-state index contributed by atoms with van der Waals surface area (Å²) >= 11 is 0. The maximum absolute atomic E-state index is 10.9. The highest BCUT2D eigenvalue weighted by Crippen LogP contribution is 2.14. The van der Waals surface area contributed by atoms with Crippen molar-refractivity contribution in [1.29, 1.82) is 0 Å². The molecule has 1 unspecified atom stereocenters. The Labute approximate surface area is 137 Å². The molecule has 0 aromatic rings. The van der Waals surface area contributed by atoms with Crippen molar-refractivity contribution in [2.45, 2.75) is 109 Å². The number of esters is 1. The lowest BCUT2D eigenvalue weighted by atomic mass is 10.0. The molecule has 0 spiro atoms. The number of carbonyl (C=O) groups is 1. The molecule has 0 saturated heterocycles. The molecule has 0 aliphatic carbocycles. The smallest absolute Gasteiger partial charge is 0.305 e. The minimum absolute atomic E-state index is 0.0656. The highest BCUT2D eigenvalue weighted by atomic mass is 16.5. The molecule has 0 rings (SSSR count). The van der Waals surface area contributed by atoms with Gasteiger partial charge in [0.25, 0.3) is 0 Å². The van der Waals surface area contributed by atoms with E-state index in [0.29, 0.717) is 6.42 Å². The molecule has 0 radical (unpaired) electrons. The largest absolute Gasteiger partial charge is 0.469 e. The first-order valence-electron chi connectivity index (χ1n) is 9.45. The molecule has 0 aliphatic heterocycles. The highest BCUT2D eigenvalue weighted by molar-refractivity contribution is 5.68. The Kier molecular flexibility index (Phi) is 16.4. The van der Waals surface area contributed by atoms with Gasteiger partial charge in [-0.2, -0.15) is 0 Å². The number of methoxy groups -OCH3 is 1. The molecule has 3 nitrogen and oxygen atoms in total. The van der Waals surface area contributed by atoms with E-state index in [1.807, 2.05) is 0 Å². The third-order valence-electron chi connectivity index (χ3n) is 4.27. The molecular weight excluding hydrogens is 276 g/mol. The molecule has 0 aromatic heterocycles. The fourth-order valence-electron chi connectivity index (χ4n) is 2.82. The number of carbonyl (C=O) groups excluding carboxylic acids is 1. The predicted octanol–water partition coefficient (Wildman–Crippen LogP) is 5.39. The molecule has 0 amide bonds. The van der Waals surface area contributed by atoms with E-state index in [9.17, 15) is 9.90 Å². The summed E-state index contributed by atoms with van der Waals surface area (Å²) in [7, 11) is 1.45. The van der Waals surface area contributed by atoms with Gasteiger partial charge in [-0.25, -0.2) is 0 Å². The molecule has 0 aromatic carbocycles. The zero-order valence-electron chi connectivity index (χ0n) is 14.9. The normalized spacial score (nSPS) is 12.3. The zero-order chi connectivity index (χ0) is 16.5. The lowest BCUT2D eigenvalue weighted by molar-refractivity contribution is -0.140. The molecule has 3 heteroatoms. The van der Waals surface area contributed by atoms with Crippen LogP contribution in [0, 0.1) is 0 Å². The van der Waals surface area contributed by atoms with Crippen molar-refractivity contribution in [3.63, 3.8) is 0 Å². The molecule has 0 fully saturated rings. The van der Waals surface area contributed by atoms with Crippen LogP contribution in [0.1, 0.15) is 103 Å². The summed E-state index contributed by atoms with van der Waals surface area (Å²) < 4.78 is 4.62. The van der Waals surface area contributed by atoms with Crippen molar-refractivity contribution < 1.29 is 14.6 Å². The quantitative estimate of drug-likeness (QED) is 0.307. The van der Waals surface area contributed by atoms with Crippen LogP contribution in [-0.2, 0) is 9.53 Å². The number of rotatable bonds is 16. The maximum atomic E-state index is 10.9. The zero-order valence-corrected chi connectivity index (χ0v) is 14.9. The first kappa shape index (κ1) is 21.4. The van der Waals surface area contributed by atoms with Crippen LogP contribution in [0.2, 0.25) is 0 Å². The van der Waals surface area contributed by atoms with Crippen molar-refractivity contribution in [3.8, 4) is 0 Å². The SMILES string of the molecule is CCCC(O)CCCCCCCCCCCCCC(=O)OC. The topological polar surface area (TPSA) is 46.5 Å². The second-order valence-corrected chi connectivity index (χ2v) is 6.45. The Bertz CT molecular complexity index is 241. The van der Waals surface area contributed by atoms with Crippen LogP contribution in [-0.4, -0.2) is 24.3 Å². The number of aliphatic hydroxyl groups excluding tert-OH is 1. The minimum Gasteiger partial charge on any atom is -0.469 e. The van der Waals surface area contributed by atoms with Crippen LogP contribution < -0.4 is 0 Å². The van der Waals surface area contributed by atoms with E-state index in [4.69, 9.17) is 0 Å². The Morgan fingerprint density at radius 3 is 1.73 bits per heavy atom. The van der Waals surface area contributed by atoms with Crippen molar-refractivity contribution in [1.82, 2.24) is 0 Å². The summed E-state index contributed by atoms with van der Waals surface area (Å²) in [6, 6.07) is 0. The van der Waals surface area contributed by atoms with Crippen molar-refractivity contribution in [3.05, 3.63) is 0 Å². The second kappa shape index (κ2) is 16.8. The van der Waals surface area contributed by atoms with Gasteiger partial charge in [0.15, 0.2) is 0 Å². The molecule has 0 saturated carbocycles.